The molecular formula is C62H88F6O2. The topological polar surface area (TPSA) is 18.5 Å². The lowest BCUT2D eigenvalue weighted by molar-refractivity contribution is 0.164. The van der Waals surface area contributed by atoms with Gasteiger partial charge in [-0.25, -0.2) is 17.6 Å². The van der Waals surface area contributed by atoms with Crippen molar-refractivity contribution >= 4 is 0 Å². The van der Waals surface area contributed by atoms with Gasteiger partial charge in [-0.15, -0.1) is 0 Å². The Morgan fingerprint density at radius 2 is 0.571 bits per heavy atom. The fraction of sp³-hybridized carbons (Fsp3) is 0.710. The lowest BCUT2D eigenvalue weighted by Crippen LogP contribution is -2.25. The highest BCUT2D eigenvalue weighted by molar-refractivity contribution is 5.35. The summed E-state index contributed by atoms with van der Waals surface area (Å²) in [5, 5.41) is 0. The molecule has 0 spiro atoms. The highest BCUT2D eigenvalue weighted by atomic mass is 19.2. The Balaban J connectivity index is 0.000000155. The van der Waals surface area contributed by atoms with Crippen molar-refractivity contribution in [1.29, 1.82) is 0 Å². The molecular weight excluding hydrogens is 891 g/mol. The standard InChI is InChI=1S/2C21H30F2O.C20H28F2/c2*1-3-24-19-13-12-18(20(22)21(19)23)17-10-8-16(9-11-17)15-6-4-14(2)5-7-15;1-13-3-6-15(7-4-13)16-8-10-17(11-9-16)18-12-5-14(2)19(21)20(18)22/h2*12-17H,3-11H2,1-2H3;5,12-13,15-17H,3-4,6-11H2,1-2H3. The number of halogens is 6. The van der Waals surface area contributed by atoms with Crippen LogP contribution >= 0.6 is 0 Å². The molecule has 0 aromatic heterocycles. The molecule has 6 aliphatic carbocycles. The Kier molecular flexibility index (Phi) is 20.4. The maximum atomic E-state index is 14.4. The molecule has 6 saturated carbocycles. The molecule has 6 aliphatic rings. The summed E-state index contributed by atoms with van der Waals surface area (Å²) in [5.74, 6) is 4.01. The first-order valence-corrected chi connectivity index (χ1v) is 28.4. The van der Waals surface area contributed by atoms with Gasteiger partial charge in [-0.05, 0) is 242 Å². The second kappa shape index (κ2) is 26.2. The molecule has 0 bridgehead atoms. The summed E-state index contributed by atoms with van der Waals surface area (Å²) in [6.07, 6.45) is 29.5. The minimum Gasteiger partial charge on any atom is -0.491 e. The first kappa shape index (κ1) is 54.6. The van der Waals surface area contributed by atoms with Crippen molar-refractivity contribution in [2.24, 2.45) is 53.3 Å². The molecule has 3 aromatic rings. The first-order chi connectivity index (χ1) is 33.8. The van der Waals surface area contributed by atoms with Crippen LogP contribution in [-0.4, -0.2) is 13.2 Å². The van der Waals surface area contributed by atoms with E-state index in [0.29, 0.717) is 35.5 Å². The van der Waals surface area contributed by atoms with Gasteiger partial charge in [0.2, 0.25) is 11.6 Å². The van der Waals surface area contributed by atoms with E-state index in [-0.39, 0.29) is 29.3 Å². The van der Waals surface area contributed by atoms with Gasteiger partial charge in [-0.2, -0.15) is 8.78 Å². The van der Waals surface area contributed by atoms with Crippen LogP contribution in [0.4, 0.5) is 26.3 Å². The van der Waals surface area contributed by atoms with Crippen LogP contribution in [0.5, 0.6) is 11.5 Å². The smallest absolute Gasteiger partial charge is 0.200 e. The second-order valence-corrected chi connectivity index (χ2v) is 23.4. The molecule has 0 N–H and O–H groups in total. The van der Waals surface area contributed by atoms with Crippen LogP contribution in [0.1, 0.15) is 229 Å². The molecule has 8 heteroatoms. The summed E-state index contributed by atoms with van der Waals surface area (Å²) in [5.41, 5.74) is 2.11. The minimum atomic E-state index is -0.822. The molecule has 390 valence electrons. The van der Waals surface area contributed by atoms with Gasteiger partial charge in [0.1, 0.15) is 0 Å². The summed E-state index contributed by atoms with van der Waals surface area (Å²) in [6.45, 7) is 13.0. The van der Waals surface area contributed by atoms with Crippen molar-refractivity contribution in [3.63, 3.8) is 0 Å². The normalized spacial score (nSPS) is 31.6. The molecule has 0 unspecified atom stereocenters. The largest absolute Gasteiger partial charge is 0.491 e. The van der Waals surface area contributed by atoms with E-state index in [1.54, 1.807) is 57.2 Å². The van der Waals surface area contributed by atoms with E-state index in [4.69, 9.17) is 9.47 Å². The van der Waals surface area contributed by atoms with E-state index < -0.39 is 34.9 Å². The van der Waals surface area contributed by atoms with Crippen molar-refractivity contribution < 1.29 is 35.8 Å². The van der Waals surface area contributed by atoms with Gasteiger partial charge in [0, 0.05) is 0 Å². The third kappa shape index (κ3) is 13.9. The Morgan fingerprint density at radius 3 is 0.843 bits per heavy atom. The zero-order chi connectivity index (χ0) is 49.9. The van der Waals surface area contributed by atoms with Gasteiger partial charge < -0.3 is 9.47 Å². The molecule has 0 amide bonds. The van der Waals surface area contributed by atoms with Crippen molar-refractivity contribution in [2.45, 2.75) is 213 Å². The summed E-state index contributed by atoms with van der Waals surface area (Å²) >= 11 is 0. The third-order valence-electron chi connectivity index (χ3n) is 18.9. The van der Waals surface area contributed by atoms with E-state index in [1.807, 2.05) is 0 Å². The van der Waals surface area contributed by atoms with Gasteiger partial charge in [-0.1, -0.05) is 83.6 Å². The lowest BCUT2D eigenvalue weighted by Gasteiger charge is -2.37. The Labute approximate surface area is 419 Å². The molecule has 0 aliphatic heterocycles. The van der Waals surface area contributed by atoms with E-state index in [0.717, 1.165) is 117 Å². The molecule has 3 aromatic carbocycles. The zero-order valence-electron chi connectivity index (χ0n) is 43.9. The van der Waals surface area contributed by atoms with Crippen LogP contribution < -0.4 is 9.47 Å². The molecule has 2 nitrogen and oxygen atoms in total. The zero-order valence-corrected chi connectivity index (χ0v) is 43.9. The molecule has 9 rings (SSSR count). The fourth-order valence-corrected chi connectivity index (χ4v) is 14.2. The van der Waals surface area contributed by atoms with Crippen molar-refractivity contribution in [1.82, 2.24) is 0 Å². The van der Waals surface area contributed by atoms with Gasteiger partial charge in [0.25, 0.3) is 0 Å². The highest BCUT2D eigenvalue weighted by Gasteiger charge is 2.35. The Hall–Kier alpha value is -3.16. The molecule has 70 heavy (non-hydrogen) atoms. The number of ether oxygens (including phenoxy) is 2. The predicted molar refractivity (Wildman–Crippen MR) is 274 cm³/mol. The number of rotatable bonds is 10. The van der Waals surface area contributed by atoms with Gasteiger partial charge in [0.15, 0.2) is 34.8 Å². The molecule has 0 atom stereocenters. The van der Waals surface area contributed by atoms with Crippen molar-refractivity contribution in [3.8, 4) is 11.5 Å². The number of aryl methyl sites for hydroxylation is 1. The SMILES string of the molecule is CCOc1ccc(C2CCC(C3CCC(C)CC3)CC2)c(F)c1F.CCOc1ccc(C2CCC(C3CCC(C)CC3)CC2)c(F)c1F.Cc1ccc(C2CCC(C3CCC(C)CC3)CC2)c(F)c1F. The lowest BCUT2D eigenvalue weighted by atomic mass is 9.68. The van der Waals surface area contributed by atoms with Crippen LogP contribution in [0.3, 0.4) is 0 Å². The minimum absolute atomic E-state index is 0.0313. The quantitative estimate of drug-likeness (QED) is 0.189. The summed E-state index contributed by atoms with van der Waals surface area (Å²) in [4.78, 5) is 0. The van der Waals surface area contributed by atoms with Gasteiger partial charge >= 0.3 is 0 Å². The second-order valence-electron chi connectivity index (χ2n) is 23.4. The monoisotopic (exact) mass is 979 g/mol. The third-order valence-corrected chi connectivity index (χ3v) is 18.9. The Bertz CT molecular complexity index is 1960. The fourth-order valence-electron chi connectivity index (χ4n) is 14.2. The van der Waals surface area contributed by atoms with Crippen LogP contribution in [-0.2, 0) is 0 Å². The maximum absolute atomic E-state index is 14.4. The van der Waals surface area contributed by atoms with Crippen molar-refractivity contribution in [3.05, 3.63) is 93.6 Å². The summed E-state index contributed by atoms with van der Waals surface area (Å²) < 4.78 is 95.3. The number of hydrogen-bond acceptors (Lipinski definition) is 2. The van der Waals surface area contributed by atoms with Crippen LogP contribution in [0, 0.1) is 95.1 Å². The van der Waals surface area contributed by atoms with Crippen LogP contribution in [0.25, 0.3) is 0 Å². The average molecular weight is 979 g/mol. The summed E-state index contributed by atoms with van der Waals surface area (Å²) in [6, 6.07) is 10.2. The summed E-state index contributed by atoms with van der Waals surface area (Å²) in [7, 11) is 0. The molecule has 6 fully saturated rings. The van der Waals surface area contributed by atoms with Gasteiger partial charge in [-0.3, -0.25) is 0 Å². The highest BCUT2D eigenvalue weighted by Crippen LogP contribution is 2.48. The van der Waals surface area contributed by atoms with E-state index in [1.165, 1.54) is 89.9 Å². The number of benzene rings is 3. The van der Waals surface area contributed by atoms with E-state index >= 15 is 0 Å². The van der Waals surface area contributed by atoms with Crippen molar-refractivity contribution in [2.75, 3.05) is 13.2 Å². The van der Waals surface area contributed by atoms with E-state index in [9.17, 15) is 26.3 Å². The van der Waals surface area contributed by atoms with Gasteiger partial charge in [0.05, 0.1) is 13.2 Å². The predicted octanol–water partition coefficient (Wildman–Crippen LogP) is 19.3. The Morgan fingerprint density at radius 1 is 0.329 bits per heavy atom. The average Bonchev–Trinajstić information content (AvgIpc) is 3.38. The molecule has 0 heterocycles. The van der Waals surface area contributed by atoms with Crippen LogP contribution in [0.2, 0.25) is 0 Å². The van der Waals surface area contributed by atoms with E-state index in [2.05, 4.69) is 20.8 Å². The number of hydrogen-bond donors (Lipinski definition) is 0. The molecule has 0 saturated heterocycles. The van der Waals surface area contributed by atoms with Crippen LogP contribution in [0.15, 0.2) is 36.4 Å². The maximum Gasteiger partial charge on any atom is 0.200 e. The first-order valence-electron chi connectivity index (χ1n) is 28.4. The molecule has 0 radical (unpaired) electrons.